The quantitative estimate of drug-likeness (QED) is 0.513. The van der Waals surface area contributed by atoms with Crippen LogP contribution in [-0.4, -0.2) is 27.5 Å². The molecule has 0 unspecified atom stereocenters. The highest BCUT2D eigenvalue weighted by atomic mass is 32.2. The molecule has 0 bridgehead atoms. The number of para-hydroxylation sites is 1. The van der Waals surface area contributed by atoms with Gasteiger partial charge in [0.15, 0.2) is 0 Å². The Balaban J connectivity index is 1.58. The first-order valence-corrected chi connectivity index (χ1v) is 11.0. The first-order chi connectivity index (χ1) is 14.5. The molecule has 0 atom stereocenters. The molecule has 6 nitrogen and oxygen atoms in total. The molecular formula is C23H24N2O4S. The lowest BCUT2D eigenvalue weighted by Crippen LogP contribution is -2.28. The standard InChI is InChI=1S/C23H24N2O4S/c1-18-11-13-20(14-12-18)30(27,28)25-22-10-6-5-9-21(22)23(26)24-15-16-29-17-19-7-3-2-4-8-19/h2-14,25H,15-17H2,1H3,(H,24,26). The van der Waals surface area contributed by atoms with Gasteiger partial charge in [-0.2, -0.15) is 0 Å². The van der Waals surface area contributed by atoms with Crippen molar-refractivity contribution in [3.63, 3.8) is 0 Å². The number of anilines is 1. The minimum atomic E-state index is -3.80. The normalized spacial score (nSPS) is 11.1. The monoisotopic (exact) mass is 424 g/mol. The Morgan fingerprint density at radius 3 is 2.30 bits per heavy atom. The highest BCUT2D eigenvalue weighted by Gasteiger charge is 2.18. The van der Waals surface area contributed by atoms with E-state index in [1.165, 1.54) is 12.1 Å². The van der Waals surface area contributed by atoms with Gasteiger partial charge in [0.05, 0.1) is 29.4 Å². The molecular weight excluding hydrogens is 400 g/mol. The molecule has 156 valence electrons. The zero-order valence-electron chi connectivity index (χ0n) is 16.7. The van der Waals surface area contributed by atoms with Gasteiger partial charge in [0.2, 0.25) is 0 Å². The lowest BCUT2D eigenvalue weighted by molar-refractivity contribution is 0.0901. The molecule has 0 aliphatic carbocycles. The number of carbonyl (C=O) groups excluding carboxylic acids is 1. The summed E-state index contributed by atoms with van der Waals surface area (Å²) in [7, 11) is -3.80. The van der Waals surface area contributed by atoms with Gasteiger partial charge < -0.3 is 10.1 Å². The van der Waals surface area contributed by atoms with Crippen LogP contribution in [0.15, 0.2) is 83.8 Å². The minimum Gasteiger partial charge on any atom is -0.375 e. The summed E-state index contributed by atoms with van der Waals surface area (Å²) < 4.78 is 33.4. The maximum Gasteiger partial charge on any atom is 0.261 e. The zero-order valence-corrected chi connectivity index (χ0v) is 17.5. The summed E-state index contributed by atoms with van der Waals surface area (Å²) in [4.78, 5) is 12.7. The van der Waals surface area contributed by atoms with Crippen LogP contribution in [0.4, 0.5) is 5.69 Å². The van der Waals surface area contributed by atoms with Gasteiger partial charge in [-0.15, -0.1) is 0 Å². The summed E-state index contributed by atoms with van der Waals surface area (Å²) >= 11 is 0. The molecule has 0 aliphatic heterocycles. The van der Waals surface area contributed by atoms with Gasteiger partial charge in [-0.25, -0.2) is 8.42 Å². The molecule has 3 aromatic rings. The Hall–Kier alpha value is -3.16. The van der Waals surface area contributed by atoms with Gasteiger partial charge in [0.25, 0.3) is 15.9 Å². The van der Waals surface area contributed by atoms with Crippen molar-refractivity contribution in [3.8, 4) is 0 Å². The Morgan fingerprint density at radius 2 is 1.57 bits per heavy atom. The predicted octanol–water partition coefficient (Wildman–Crippen LogP) is 3.74. The molecule has 3 rings (SSSR count). The summed E-state index contributed by atoms with van der Waals surface area (Å²) in [5, 5.41) is 2.76. The Labute approximate surface area is 177 Å². The third-order valence-corrected chi connectivity index (χ3v) is 5.77. The third-order valence-electron chi connectivity index (χ3n) is 4.39. The van der Waals surface area contributed by atoms with Crippen LogP contribution >= 0.6 is 0 Å². The molecule has 0 aromatic heterocycles. The van der Waals surface area contributed by atoms with E-state index in [-0.39, 0.29) is 22.1 Å². The van der Waals surface area contributed by atoms with Crippen LogP contribution in [0.1, 0.15) is 21.5 Å². The molecule has 0 saturated heterocycles. The van der Waals surface area contributed by atoms with Gasteiger partial charge in [-0.3, -0.25) is 9.52 Å². The Kier molecular flexibility index (Phi) is 7.21. The first kappa shape index (κ1) is 21.5. The maximum atomic E-state index is 12.7. The van der Waals surface area contributed by atoms with E-state index in [1.807, 2.05) is 37.3 Å². The Morgan fingerprint density at radius 1 is 0.900 bits per heavy atom. The molecule has 0 heterocycles. The van der Waals surface area contributed by atoms with E-state index in [1.54, 1.807) is 36.4 Å². The van der Waals surface area contributed by atoms with Crippen molar-refractivity contribution < 1.29 is 17.9 Å². The van der Waals surface area contributed by atoms with E-state index in [4.69, 9.17) is 4.74 Å². The van der Waals surface area contributed by atoms with Crippen molar-refractivity contribution in [2.24, 2.45) is 0 Å². The van der Waals surface area contributed by atoms with Gasteiger partial charge in [-0.1, -0.05) is 60.2 Å². The number of hydrogen-bond donors (Lipinski definition) is 2. The summed E-state index contributed by atoms with van der Waals surface area (Å²) in [6.45, 7) is 3.00. The SMILES string of the molecule is Cc1ccc(S(=O)(=O)Nc2ccccc2C(=O)NCCOCc2ccccc2)cc1. The van der Waals surface area contributed by atoms with Crippen molar-refractivity contribution in [3.05, 3.63) is 95.6 Å². The van der Waals surface area contributed by atoms with Crippen LogP contribution in [0.2, 0.25) is 0 Å². The van der Waals surface area contributed by atoms with Gasteiger partial charge in [-0.05, 0) is 36.8 Å². The van der Waals surface area contributed by atoms with E-state index in [0.29, 0.717) is 19.8 Å². The molecule has 1 amide bonds. The average Bonchev–Trinajstić information content (AvgIpc) is 2.74. The lowest BCUT2D eigenvalue weighted by Gasteiger charge is -2.13. The number of nitrogens with one attached hydrogen (secondary N) is 2. The average molecular weight is 425 g/mol. The fraction of sp³-hybridized carbons (Fsp3) is 0.174. The predicted molar refractivity (Wildman–Crippen MR) is 117 cm³/mol. The van der Waals surface area contributed by atoms with Crippen molar-refractivity contribution in [1.82, 2.24) is 5.32 Å². The number of ether oxygens (including phenoxy) is 1. The number of sulfonamides is 1. The molecule has 0 aliphatic rings. The number of benzene rings is 3. The molecule has 0 radical (unpaired) electrons. The molecule has 0 fully saturated rings. The summed E-state index contributed by atoms with van der Waals surface area (Å²) in [6, 6.07) is 22.8. The van der Waals surface area contributed by atoms with Crippen molar-refractivity contribution >= 4 is 21.6 Å². The molecule has 2 N–H and O–H groups in total. The second-order valence-electron chi connectivity index (χ2n) is 6.76. The van der Waals surface area contributed by atoms with Gasteiger partial charge in [0, 0.05) is 6.54 Å². The largest absolute Gasteiger partial charge is 0.375 e. The van der Waals surface area contributed by atoms with Crippen molar-refractivity contribution in [2.75, 3.05) is 17.9 Å². The molecule has 3 aromatic carbocycles. The van der Waals surface area contributed by atoms with Crippen LogP contribution in [0.3, 0.4) is 0 Å². The number of carbonyl (C=O) groups is 1. The minimum absolute atomic E-state index is 0.137. The van der Waals surface area contributed by atoms with E-state index in [9.17, 15) is 13.2 Å². The number of rotatable bonds is 9. The molecule has 30 heavy (non-hydrogen) atoms. The fourth-order valence-electron chi connectivity index (χ4n) is 2.79. The zero-order chi connectivity index (χ0) is 21.4. The number of aryl methyl sites for hydroxylation is 1. The van der Waals surface area contributed by atoms with E-state index >= 15 is 0 Å². The molecule has 0 saturated carbocycles. The van der Waals surface area contributed by atoms with Crippen molar-refractivity contribution in [2.45, 2.75) is 18.4 Å². The summed E-state index contributed by atoms with van der Waals surface area (Å²) in [5.41, 5.74) is 2.49. The van der Waals surface area contributed by atoms with E-state index in [2.05, 4.69) is 10.0 Å². The second-order valence-corrected chi connectivity index (χ2v) is 8.44. The second kappa shape index (κ2) is 10.0. The smallest absolute Gasteiger partial charge is 0.261 e. The summed E-state index contributed by atoms with van der Waals surface area (Å²) in [6.07, 6.45) is 0. The highest BCUT2D eigenvalue weighted by Crippen LogP contribution is 2.20. The maximum absolute atomic E-state index is 12.7. The Bertz CT molecular complexity index is 1080. The number of amides is 1. The van der Waals surface area contributed by atoms with Crippen LogP contribution in [0, 0.1) is 6.92 Å². The topological polar surface area (TPSA) is 84.5 Å². The lowest BCUT2D eigenvalue weighted by atomic mass is 10.1. The molecule has 0 spiro atoms. The van der Waals surface area contributed by atoms with Crippen LogP contribution in [0.25, 0.3) is 0 Å². The van der Waals surface area contributed by atoms with E-state index in [0.717, 1.165) is 11.1 Å². The fourth-order valence-corrected chi connectivity index (χ4v) is 3.87. The van der Waals surface area contributed by atoms with Crippen molar-refractivity contribution in [1.29, 1.82) is 0 Å². The number of hydrogen-bond acceptors (Lipinski definition) is 4. The van der Waals surface area contributed by atoms with Gasteiger partial charge in [0.1, 0.15) is 0 Å². The van der Waals surface area contributed by atoms with Crippen LogP contribution in [-0.2, 0) is 21.4 Å². The summed E-state index contributed by atoms with van der Waals surface area (Å²) in [5.74, 6) is -0.375. The third kappa shape index (κ3) is 5.92. The highest BCUT2D eigenvalue weighted by molar-refractivity contribution is 7.92. The van der Waals surface area contributed by atoms with Crippen LogP contribution in [0.5, 0.6) is 0 Å². The van der Waals surface area contributed by atoms with Gasteiger partial charge >= 0.3 is 0 Å². The first-order valence-electron chi connectivity index (χ1n) is 9.54. The molecule has 7 heteroatoms. The van der Waals surface area contributed by atoms with E-state index < -0.39 is 10.0 Å². The van der Waals surface area contributed by atoms with Crippen LogP contribution < -0.4 is 10.0 Å².